The monoisotopic (exact) mass is 552 g/mol. The molecular formula is C24H21BrN6O3S. The Hall–Kier alpha value is -3.57. The fraction of sp³-hybridized carbons (Fsp3) is 0.208. The fourth-order valence-electron chi connectivity index (χ4n) is 3.95. The predicted molar refractivity (Wildman–Crippen MR) is 136 cm³/mol. The molecule has 0 spiro atoms. The molecule has 9 nitrogen and oxygen atoms in total. The Balaban J connectivity index is 1.18. The first kappa shape index (κ1) is 23.2. The number of fused-ring (bicyclic) bond motifs is 1. The van der Waals surface area contributed by atoms with Gasteiger partial charge in [-0.1, -0.05) is 18.2 Å². The summed E-state index contributed by atoms with van der Waals surface area (Å²) < 4.78 is 2.26. The Bertz CT molecular complexity index is 1390. The molecule has 5 rings (SSSR count). The number of nitrogens with one attached hydrogen (secondary N) is 1. The Morgan fingerprint density at radius 2 is 1.74 bits per heavy atom. The number of piperazine rings is 1. The molecule has 11 heteroatoms. The van der Waals surface area contributed by atoms with Crippen molar-refractivity contribution in [2.24, 2.45) is 0 Å². The van der Waals surface area contributed by atoms with Gasteiger partial charge >= 0.3 is 0 Å². The number of carbonyl (C=O) groups excluding carboxylic acids is 3. The van der Waals surface area contributed by atoms with Crippen molar-refractivity contribution >= 4 is 61.6 Å². The maximum atomic E-state index is 12.9. The normalized spacial score (nSPS) is 13.7. The highest BCUT2D eigenvalue weighted by Gasteiger charge is 2.25. The van der Waals surface area contributed by atoms with E-state index in [2.05, 4.69) is 31.3 Å². The van der Waals surface area contributed by atoms with Crippen molar-refractivity contribution in [1.82, 2.24) is 24.6 Å². The lowest BCUT2D eigenvalue weighted by atomic mass is 10.2. The number of hydrogen-bond donors (Lipinski definition) is 1. The quantitative estimate of drug-likeness (QED) is 0.408. The first-order valence-corrected chi connectivity index (χ1v) is 12.7. The van der Waals surface area contributed by atoms with Gasteiger partial charge in [-0.05, 0) is 46.3 Å². The van der Waals surface area contributed by atoms with Crippen molar-refractivity contribution < 1.29 is 14.4 Å². The summed E-state index contributed by atoms with van der Waals surface area (Å²) in [4.78, 5) is 45.5. The van der Waals surface area contributed by atoms with Gasteiger partial charge in [0.2, 0.25) is 5.91 Å². The summed E-state index contributed by atoms with van der Waals surface area (Å²) >= 11 is 4.60. The summed E-state index contributed by atoms with van der Waals surface area (Å²) in [5.74, 6) is -0.354. The highest BCUT2D eigenvalue weighted by molar-refractivity contribution is 9.11. The first-order valence-electron chi connectivity index (χ1n) is 11.0. The minimum Gasteiger partial charge on any atom is -0.338 e. The lowest BCUT2D eigenvalue weighted by molar-refractivity contribution is -0.133. The zero-order chi connectivity index (χ0) is 24.4. The van der Waals surface area contributed by atoms with E-state index in [9.17, 15) is 14.4 Å². The molecule has 2 aromatic carbocycles. The van der Waals surface area contributed by atoms with E-state index in [1.807, 2.05) is 24.3 Å². The van der Waals surface area contributed by atoms with Crippen LogP contribution in [-0.4, -0.2) is 68.5 Å². The molecule has 2 aromatic heterocycles. The van der Waals surface area contributed by atoms with Crippen LogP contribution < -0.4 is 5.32 Å². The van der Waals surface area contributed by atoms with Crippen molar-refractivity contribution in [3.8, 4) is 0 Å². The second kappa shape index (κ2) is 9.96. The molecule has 3 heterocycles. The van der Waals surface area contributed by atoms with Gasteiger partial charge < -0.3 is 15.1 Å². The molecule has 4 aromatic rings. The molecule has 0 atom stereocenters. The number of rotatable bonds is 5. The topological polar surface area (TPSA) is 100 Å². The number of aromatic nitrogens is 3. The number of carbonyl (C=O) groups is 3. The van der Waals surface area contributed by atoms with Crippen molar-refractivity contribution in [2.75, 3.05) is 31.5 Å². The van der Waals surface area contributed by atoms with Crippen LogP contribution in [-0.2, 0) is 11.3 Å². The minimum absolute atomic E-state index is 0.0127. The van der Waals surface area contributed by atoms with Crippen LogP contribution in [0.5, 0.6) is 0 Å². The molecule has 0 saturated carbocycles. The van der Waals surface area contributed by atoms with Gasteiger partial charge in [-0.3, -0.25) is 19.1 Å². The van der Waals surface area contributed by atoms with E-state index < -0.39 is 0 Å². The van der Waals surface area contributed by atoms with Crippen LogP contribution in [0.4, 0.5) is 5.69 Å². The molecular weight excluding hydrogens is 532 g/mol. The smallest absolute Gasteiger partial charge is 0.275 e. The second-order valence-corrected chi connectivity index (χ2v) is 10.2. The zero-order valence-electron chi connectivity index (χ0n) is 18.6. The van der Waals surface area contributed by atoms with E-state index in [1.54, 1.807) is 50.3 Å². The number of benzene rings is 2. The first-order chi connectivity index (χ1) is 17.0. The molecule has 0 unspecified atom stereocenters. The molecule has 178 valence electrons. The van der Waals surface area contributed by atoms with Crippen LogP contribution in [0.25, 0.3) is 10.9 Å². The fourth-order valence-corrected chi connectivity index (χ4v) is 4.94. The third kappa shape index (κ3) is 5.25. The van der Waals surface area contributed by atoms with E-state index in [1.165, 1.54) is 11.3 Å². The highest BCUT2D eigenvalue weighted by atomic mass is 79.9. The van der Waals surface area contributed by atoms with E-state index >= 15 is 0 Å². The lowest BCUT2D eigenvalue weighted by Crippen LogP contribution is -2.51. The number of amides is 3. The summed E-state index contributed by atoms with van der Waals surface area (Å²) in [5.41, 5.74) is 2.35. The van der Waals surface area contributed by atoms with Crippen LogP contribution in [0.15, 0.2) is 64.0 Å². The van der Waals surface area contributed by atoms with Crippen molar-refractivity contribution in [3.63, 3.8) is 0 Å². The van der Waals surface area contributed by atoms with Gasteiger partial charge in [0.1, 0.15) is 12.2 Å². The molecule has 0 radical (unpaired) electrons. The largest absolute Gasteiger partial charge is 0.338 e. The molecule has 0 aliphatic carbocycles. The summed E-state index contributed by atoms with van der Waals surface area (Å²) in [6, 6.07) is 14.6. The van der Waals surface area contributed by atoms with Gasteiger partial charge in [-0.25, -0.2) is 4.98 Å². The summed E-state index contributed by atoms with van der Waals surface area (Å²) in [6.07, 6.45) is 1.79. The van der Waals surface area contributed by atoms with Gasteiger partial charge in [0.15, 0.2) is 3.92 Å². The SMILES string of the molecule is O=C(Nc1ccc2nn(CC(=O)N3CCN(C(=O)c4ccccc4)CC3)cc2c1)c1csc(Br)n1. The number of anilines is 1. The maximum Gasteiger partial charge on any atom is 0.275 e. The molecule has 1 fully saturated rings. The number of thiazole rings is 1. The average Bonchev–Trinajstić information content (AvgIpc) is 3.49. The van der Waals surface area contributed by atoms with Gasteiger partial charge in [-0.2, -0.15) is 5.10 Å². The average molecular weight is 553 g/mol. The third-order valence-corrected chi connectivity index (χ3v) is 7.12. The van der Waals surface area contributed by atoms with Crippen LogP contribution in [0.2, 0.25) is 0 Å². The van der Waals surface area contributed by atoms with Crippen LogP contribution in [0, 0.1) is 0 Å². The summed E-state index contributed by atoms with van der Waals surface area (Å²) in [7, 11) is 0. The van der Waals surface area contributed by atoms with Crippen LogP contribution in [0.1, 0.15) is 20.8 Å². The van der Waals surface area contributed by atoms with Crippen LogP contribution in [0.3, 0.4) is 0 Å². The molecule has 1 saturated heterocycles. The third-order valence-electron chi connectivity index (χ3n) is 5.76. The van der Waals surface area contributed by atoms with Gasteiger partial charge in [0.25, 0.3) is 11.8 Å². The summed E-state index contributed by atoms with van der Waals surface area (Å²) in [5, 5.41) is 9.81. The number of halogens is 1. The van der Waals surface area contributed by atoms with E-state index in [0.717, 1.165) is 10.9 Å². The van der Waals surface area contributed by atoms with Gasteiger partial charge in [-0.15, -0.1) is 11.3 Å². The Labute approximate surface area is 213 Å². The van der Waals surface area contributed by atoms with Gasteiger partial charge in [0.05, 0.1) is 5.52 Å². The predicted octanol–water partition coefficient (Wildman–Crippen LogP) is 3.49. The molecule has 1 N–H and O–H groups in total. The molecule has 1 aliphatic heterocycles. The molecule has 0 bridgehead atoms. The van der Waals surface area contributed by atoms with Gasteiger partial charge in [0, 0.05) is 54.4 Å². The molecule has 3 amide bonds. The Morgan fingerprint density at radius 1 is 1.00 bits per heavy atom. The van der Waals surface area contributed by atoms with Crippen LogP contribution >= 0.6 is 27.3 Å². The lowest BCUT2D eigenvalue weighted by Gasteiger charge is -2.34. The maximum absolute atomic E-state index is 12.9. The minimum atomic E-state index is -0.293. The zero-order valence-corrected chi connectivity index (χ0v) is 21.0. The van der Waals surface area contributed by atoms with Crippen molar-refractivity contribution in [2.45, 2.75) is 6.54 Å². The molecule has 1 aliphatic rings. The summed E-state index contributed by atoms with van der Waals surface area (Å²) in [6.45, 7) is 2.08. The number of hydrogen-bond acceptors (Lipinski definition) is 6. The van der Waals surface area contributed by atoms with E-state index in [-0.39, 0.29) is 24.3 Å². The van der Waals surface area contributed by atoms with Crippen molar-refractivity contribution in [1.29, 1.82) is 0 Å². The van der Waals surface area contributed by atoms with E-state index in [4.69, 9.17) is 0 Å². The highest BCUT2D eigenvalue weighted by Crippen LogP contribution is 2.21. The Morgan fingerprint density at radius 3 is 2.46 bits per heavy atom. The standard InChI is InChI=1S/C24H21BrN6O3S/c25-24-27-20(15-35-24)22(33)26-18-6-7-19-17(12-18)13-31(28-19)14-21(32)29-8-10-30(11-9-29)23(34)16-4-2-1-3-5-16/h1-7,12-13,15H,8-11,14H2,(H,26,33). The Kier molecular flexibility index (Phi) is 6.60. The molecule has 35 heavy (non-hydrogen) atoms. The number of nitrogens with zero attached hydrogens (tertiary/aromatic N) is 5. The van der Waals surface area contributed by atoms with Crippen molar-refractivity contribution in [3.05, 3.63) is 75.3 Å². The van der Waals surface area contributed by atoms with E-state index in [0.29, 0.717) is 47.0 Å². The second-order valence-electron chi connectivity index (χ2n) is 8.08.